The van der Waals surface area contributed by atoms with Gasteiger partial charge < -0.3 is 14.4 Å². The van der Waals surface area contributed by atoms with Crippen molar-refractivity contribution in [1.82, 2.24) is 0 Å². The summed E-state index contributed by atoms with van der Waals surface area (Å²) in [6.45, 7) is 9.05. The van der Waals surface area contributed by atoms with Crippen LogP contribution in [0.2, 0.25) is 0 Å². The summed E-state index contributed by atoms with van der Waals surface area (Å²) in [6, 6.07) is 3.03. The number of hydrogen-bond acceptors (Lipinski definition) is 5. The van der Waals surface area contributed by atoms with Gasteiger partial charge in [0.25, 0.3) is 0 Å². The Morgan fingerprint density at radius 2 is 1.81 bits per heavy atom. The van der Waals surface area contributed by atoms with E-state index in [1.165, 1.54) is 6.07 Å². The third-order valence-corrected chi connectivity index (χ3v) is 4.16. The summed E-state index contributed by atoms with van der Waals surface area (Å²) >= 11 is 0. The van der Waals surface area contributed by atoms with Crippen LogP contribution in [-0.2, 0) is 30.7 Å². The highest BCUT2D eigenvalue weighted by atomic mass is 31.2. The Balaban J connectivity index is 3.39. The average molecular weight is 402 g/mol. The largest absolute Gasteiger partial charge is 0.524 e. The van der Waals surface area contributed by atoms with Gasteiger partial charge in [-0.15, -0.1) is 0 Å². The zero-order chi connectivity index (χ0) is 21.0. The lowest BCUT2D eigenvalue weighted by Crippen LogP contribution is -2.27. The Bertz CT molecular complexity index is 748. The molecule has 27 heavy (non-hydrogen) atoms. The van der Waals surface area contributed by atoms with Crippen molar-refractivity contribution in [2.24, 2.45) is 5.92 Å². The van der Waals surface area contributed by atoms with Crippen LogP contribution in [0.5, 0.6) is 5.75 Å². The molecule has 8 nitrogen and oxygen atoms in total. The third kappa shape index (κ3) is 7.71. The van der Waals surface area contributed by atoms with Gasteiger partial charge in [0.1, 0.15) is 5.75 Å². The Kier molecular flexibility index (Phi) is 7.60. The lowest BCUT2D eigenvalue weighted by Gasteiger charge is -2.29. The maximum Gasteiger partial charge on any atom is 0.524 e. The van der Waals surface area contributed by atoms with Crippen molar-refractivity contribution in [2.75, 3.05) is 6.61 Å². The summed E-state index contributed by atoms with van der Waals surface area (Å²) in [6.07, 6.45) is -0.480. The molecule has 0 aromatic heterocycles. The van der Waals surface area contributed by atoms with Crippen molar-refractivity contribution in [1.29, 1.82) is 0 Å². The zero-order valence-corrected chi connectivity index (χ0v) is 17.1. The molecule has 0 heterocycles. The van der Waals surface area contributed by atoms with Gasteiger partial charge in [0.2, 0.25) is 0 Å². The second-order valence-corrected chi connectivity index (χ2v) is 8.75. The summed E-state index contributed by atoms with van der Waals surface area (Å²) in [7, 11) is -4.88. The Morgan fingerprint density at radius 1 is 1.22 bits per heavy atom. The second-order valence-electron chi connectivity index (χ2n) is 7.59. The van der Waals surface area contributed by atoms with Gasteiger partial charge in [-0.3, -0.25) is 19.4 Å². The molecule has 0 unspecified atom stereocenters. The van der Waals surface area contributed by atoms with Gasteiger partial charge in [-0.2, -0.15) is 0 Å². The first-order valence-electron chi connectivity index (χ1n) is 8.48. The molecule has 0 amide bonds. The first kappa shape index (κ1) is 23.1. The SMILES string of the molecule is Cc1cc(CC(=O)O)c(C(C)(C)CC(=O)OCC(C)C)c(OP(=O)(O)O)c1. The number of phosphoric acid groups is 1. The molecule has 0 fully saturated rings. The summed E-state index contributed by atoms with van der Waals surface area (Å²) in [4.78, 5) is 41.9. The number of ether oxygens (including phenoxy) is 1. The van der Waals surface area contributed by atoms with Crippen molar-refractivity contribution >= 4 is 19.8 Å². The first-order valence-corrected chi connectivity index (χ1v) is 10.0. The molecule has 0 aliphatic rings. The standard InChI is InChI=1S/C18H27O8P/c1-11(2)10-25-16(21)9-18(4,5)17-13(8-15(19)20)6-12(3)7-14(17)26-27(22,23)24/h6-7,11H,8-10H2,1-5H3,(H,19,20)(H2,22,23,24). The number of carboxylic acid groups (broad SMARTS) is 1. The highest BCUT2D eigenvalue weighted by molar-refractivity contribution is 7.46. The van der Waals surface area contributed by atoms with Crippen molar-refractivity contribution in [3.05, 3.63) is 28.8 Å². The van der Waals surface area contributed by atoms with Crippen LogP contribution >= 0.6 is 7.82 Å². The monoisotopic (exact) mass is 402 g/mol. The fourth-order valence-corrected chi connectivity index (χ4v) is 3.26. The van der Waals surface area contributed by atoms with Crippen molar-refractivity contribution < 1.29 is 38.3 Å². The van der Waals surface area contributed by atoms with Crippen LogP contribution in [0, 0.1) is 12.8 Å². The number of benzene rings is 1. The van der Waals surface area contributed by atoms with Crippen LogP contribution in [0.15, 0.2) is 12.1 Å². The molecule has 1 aromatic rings. The molecule has 0 atom stereocenters. The van der Waals surface area contributed by atoms with E-state index in [2.05, 4.69) is 0 Å². The Labute approximate surface area is 158 Å². The molecular weight excluding hydrogens is 375 g/mol. The quantitative estimate of drug-likeness (QED) is 0.424. The smallest absolute Gasteiger partial charge is 0.481 e. The van der Waals surface area contributed by atoms with E-state index in [1.54, 1.807) is 26.8 Å². The zero-order valence-electron chi connectivity index (χ0n) is 16.2. The van der Waals surface area contributed by atoms with E-state index in [1.807, 2.05) is 13.8 Å². The molecule has 0 aliphatic heterocycles. The molecule has 3 N–H and O–H groups in total. The van der Waals surface area contributed by atoms with Crippen LogP contribution in [0.4, 0.5) is 0 Å². The van der Waals surface area contributed by atoms with Crippen LogP contribution in [0.25, 0.3) is 0 Å². The van der Waals surface area contributed by atoms with Crippen LogP contribution in [0.1, 0.15) is 50.8 Å². The lowest BCUT2D eigenvalue weighted by molar-refractivity contribution is -0.146. The minimum absolute atomic E-state index is 0.104. The number of carbonyl (C=O) groups is 2. The first-order chi connectivity index (χ1) is 12.2. The number of phosphoric ester groups is 1. The van der Waals surface area contributed by atoms with Gasteiger partial charge in [0, 0.05) is 11.0 Å². The fourth-order valence-electron chi connectivity index (χ4n) is 2.86. The average Bonchev–Trinajstić information content (AvgIpc) is 2.40. The molecule has 1 rings (SSSR count). The van der Waals surface area contributed by atoms with Crippen molar-refractivity contribution in [3.8, 4) is 5.75 Å². The Morgan fingerprint density at radius 3 is 2.30 bits per heavy atom. The van der Waals surface area contributed by atoms with E-state index in [0.29, 0.717) is 11.1 Å². The molecule has 0 saturated heterocycles. The highest BCUT2D eigenvalue weighted by Gasteiger charge is 2.33. The van der Waals surface area contributed by atoms with Crippen LogP contribution in [-0.4, -0.2) is 33.4 Å². The fraction of sp³-hybridized carbons (Fsp3) is 0.556. The normalized spacial score (nSPS) is 12.1. The molecule has 0 saturated carbocycles. The lowest BCUT2D eigenvalue weighted by atomic mass is 9.77. The number of carbonyl (C=O) groups excluding carboxylic acids is 1. The Hall–Kier alpha value is -1.89. The number of carboxylic acids is 1. The molecule has 0 radical (unpaired) electrons. The number of aliphatic carboxylic acids is 1. The predicted molar refractivity (Wildman–Crippen MR) is 98.6 cm³/mol. The van der Waals surface area contributed by atoms with Crippen molar-refractivity contribution in [2.45, 2.75) is 52.9 Å². The van der Waals surface area contributed by atoms with Gasteiger partial charge in [-0.1, -0.05) is 33.8 Å². The van der Waals surface area contributed by atoms with E-state index in [4.69, 9.17) is 9.26 Å². The molecule has 0 aliphatic carbocycles. The number of esters is 1. The topological polar surface area (TPSA) is 130 Å². The molecule has 0 bridgehead atoms. The van der Waals surface area contributed by atoms with Crippen LogP contribution < -0.4 is 4.52 Å². The minimum Gasteiger partial charge on any atom is -0.481 e. The van der Waals surface area contributed by atoms with E-state index < -0.39 is 25.2 Å². The second kappa shape index (κ2) is 8.87. The summed E-state index contributed by atoms with van der Waals surface area (Å²) in [5, 5.41) is 9.21. The van der Waals surface area contributed by atoms with Gasteiger partial charge in [0.15, 0.2) is 0 Å². The van der Waals surface area contributed by atoms with Gasteiger partial charge in [0.05, 0.1) is 19.4 Å². The summed E-state index contributed by atoms with van der Waals surface area (Å²) in [5.41, 5.74) is 0.196. The molecular formula is C18H27O8P. The summed E-state index contributed by atoms with van der Waals surface area (Å²) < 4.78 is 21.4. The molecule has 9 heteroatoms. The summed E-state index contributed by atoms with van der Waals surface area (Å²) in [5.74, 6) is -1.58. The van der Waals surface area contributed by atoms with Gasteiger partial charge >= 0.3 is 19.8 Å². The van der Waals surface area contributed by atoms with Crippen molar-refractivity contribution in [3.63, 3.8) is 0 Å². The number of aryl methyl sites for hydroxylation is 1. The maximum absolute atomic E-state index is 12.2. The number of hydrogen-bond donors (Lipinski definition) is 3. The van der Waals surface area contributed by atoms with Crippen LogP contribution in [0.3, 0.4) is 0 Å². The van der Waals surface area contributed by atoms with E-state index in [9.17, 15) is 29.0 Å². The van der Waals surface area contributed by atoms with E-state index in [0.717, 1.165) is 0 Å². The molecule has 0 spiro atoms. The van der Waals surface area contributed by atoms with Gasteiger partial charge in [-0.25, -0.2) is 4.57 Å². The van der Waals surface area contributed by atoms with E-state index in [-0.39, 0.29) is 36.7 Å². The molecule has 152 valence electrons. The third-order valence-electron chi connectivity index (χ3n) is 3.73. The maximum atomic E-state index is 12.2. The predicted octanol–water partition coefficient (Wildman–Crippen LogP) is 2.96. The highest BCUT2D eigenvalue weighted by Crippen LogP contribution is 2.45. The number of rotatable bonds is 9. The molecule has 1 aromatic carbocycles. The minimum atomic E-state index is -4.88. The van der Waals surface area contributed by atoms with Gasteiger partial charge in [-0.05, 0) is 30.0 Å². The van der Waals surface area contributed by atoms with E-state index >= 15 is 0 Å².